The molecular weight excluding hydrogens is 374 g/mol. The number of fused-ring (bicyclic) bond motifs is 1. The number of piperidine rings is 1. The SMILES string of the molecule is COCCN1CCCC2(CCCN2C(=O)CCc2nc3ccccc3s2)C1=O. The van der Waals surface area contributed by atoms with Gasteiger partial charge in [0.05, 0.1) is 21.8 Å². The third-order valence-electron chi connectivity index (χ3n) is 5.95. The van der Waals surface area contributed by atoms with E-state index in [1.807, 2.05) is 28.0 Å². The molecule has 2 amide bonds. The van der Waals surface area contributed by atoms with E-state index in [1.54, 1.807) is 18.4 Å². The molecule has 7 heteroatoms. The molecule has 2 aliphatic heterocycles. The van der Waals surface area contributed by atoms with E-state index in [4.69, 9.17) is 4.74 Å². The van der Waals surface area contributed by atoms with Gasteiger partial charge in [-0.25, -0.2) is 4.98 Å². The van der Waals surface area contributed by atoms with E-state index in [0.717, 1.165) is 47.5 Å². The number of amides is 2. The zero-order valence-electron chi connectivity index (χ0n) is 16.4. The van der Waals surface area contributed by atoms with Crippen LogP contribution in [0.5, 0.6) is 0 Å². The summed E-state index contributed by atoms with van der Waals surface area (Å²) < 4.78 is 6.30. The number of hydrogen-bond donors (Lipinski definition) is 0. The summed E-state index contributed by atoms with van der Waals surface area (Å²) in [4.78, 5) is 34.7. The van der Waals surface area contributed by atoms with Gasteiger partial charge in [0, 0.05) is 39.6 Å². The molecule has 4 rings (SSSR count). The lowest BCUT2D eigenvalue weighted by molar-refractivity contribution is -0.155. The van der Waals surface area contributed by atoms with Gasteiger partial charge in [-0.2, -0.15) is 0 Å². The molecule has 2 saturated heterocycles. The third kappa shape index (κ3) is 3.53. The number of likely N-dealkylation sites (tertiary alicyclic amines) is 2. The molecule has 2 aromatic rings. The van der Waals surface area contributed by atoms with E-state index in [1.165, 1.54) is 0 Å². The van der Waals surface area contributed by atoms with Crippen LogP contribution in [0.4, 0.5) is 0 Å². The number of aromatic nitrogens is 1. The summed E-state index contributed by atoms with van der Waals surface area (Å²) in [5, 5.41) is 0.986. The number of hydrogen-bond acceptors (Lipinski definition) is 5. The van der Waals surface area contributed by atoms with Crippen molar-refractivity contribution < 1.29 is 14.3 Å². The maximum absolute atomic E-state index is 13.2. The number of rotatable bonds is 6. The van der Waals surface area contributed by atoms with E-state index in [2.05, 4.69) is 11.1 Å². The van der Waals surface area contributed by atoms with Gasteiger partial charge in [0.15, 0.2) is 0 Å². The minimum atomic E-state index is -0.628. The van der Waals surface area contributed by atoms with E-state index in [9.17, 15) is 9.59 Å². The molecule has 0 saturated carbocycles. The van der Waals surface area contributed by atoms with Crippen LogP contribution in [0.3, 0.4) is 0 Å². The van der Waals surface area contributed by atoms with Crippen LogP contribution in [0.2, 0.25) is 0 Å². The van der Waals surface area contributed by atoms with Gasteiger partial charge in [0.1, 0.15) is 5.54 Å². The zero-order valence-corrected chi connectivity index (χ0v) is 17.2. The minimum absolute atomic E-state index is 0.0821. The van der Waals surface area contributed by atoms with E-state index in [-0.39, 0.29) is 11.8 Å². The Hall–Kier alpha value is -1.99. The molecule has 0 radical (unpaired) electrons. The van der Waals surface area contributed by atoms with Crippen molar-refractivity contribution in [1.29, 1.82) is 0 Å². The predicted octanol–water partition coefficient (Wildman–Crippen LogP) is 2.86. The molecule has 3 heterocycles. The van der Waals surface area contributed by atoms with Crippen molar-refractivity contribution in [3.05, 3.63) is 29.3 Å². The highest BCUT2D eigenvalue weighted by Gasteiger charge is 2.52. The summed E-state index contributed by atoms with van der Waals surface area (Å²) in [5.74, 6) is 0.195. The molecule has 0 aliphatic carbocycles. The van der Waals surface area contributed by atoms with Gasteiger partial charge in [-0.15, -0.1) is 11.3 Å². The number of para-hydroxylation sites is 1. The van der Waals surface area contributed by atoms with Crippen molar-refractivity contribution in [3.63, 3.8) is 0 Å². The fourth-order valence-corrected chi connectivity index (χ4v) is 5.55. The van der Waals surface area contributed by atoms with Crippen molar-refractivity contribution >= 4 is 33.4 Å². The summed E-state index contributed by atoms with van der Waals surface area (Å²) in [6, 6.07) is 8.05. The van der Waals surface area contributed by atoms with Crippen LogP contribution in [0.1, 0.15) is 37.1 Å². The molecule has 150 valence electrons. The molecule has 6 nitrogen and oxygen atoms in total. The Kier molecular flexibility index (Phi) is 5.64. The van der Waals surface area contributed by atoms with E-state index < -0.39 is 5.54 Å². The number of thiazole rings is 1. The standard InChI is InChI=1S/C21H27N3O3S/c1-27-15-14-23-12-4-10-21(20(23)26)11-5-13-24(21)19(25)9-8-18-22-16-6-2-3-7-17(16)28-18/h2-3,6-7H,4-5,8-15H2,1H3. The molecule has 1 spiro atoms. The molecule has 1 unspecified atom stereocenters. The Balaban J connectivity index is 1.44. The first kappa shape index (κ1) is 19.3. The van der Waals surface area contributed by atoms with E-state index in [0.29, 0.717) is 32.5 Å². The summed E-state index contributed by atoms with van der Waals surface area (Å²) in [7, 11) is 1.65. The molecule has 2 aliphatic rings. The van der Waals surface area contributed by atoms with Gasteiger partial charge in [-0.3, -0.25) is 9.59 Å². The quantitative estimate of drug-likeness (QED) is 0.747. The first-order valence-corrected chi connectivity index (χ1v) is 10.9. The number of ether oxygens (including phenoxy) is 1. The second-order valence-corrected chi connectivity index (χ2v) is 8.76. The summed E-state index contributed by atoms with van der Waals surface area (Å²) in [6.45, 7) is 2.58. The van der Waals surface area contributed by atoms with Gasteiger partial charge in [-0.05, 0) is 37.8 Å². The Morgan fingerprint density at radius 1 is 1.25 bits per heavy atom. The Morgan fingerprint density at radius 2 is 2.04 bits per heavy atom. The van der Waals surface area contributed by atoms with Crippen molar-refractivity contribution in [2.45, 2.75) is 44.1 Å². The summed E-state index contributed by atoms with van der Waals surface area (Å²) in [5.41, 5.74) is 0.361. The van der Waals surface area contributed by atoms with Crippen LogP contribution in [0.15, 0.2) is 24.3 Å². The van der Waals surface area contributed by atoms with Crippen LogP contribution in [-0.4, -0.2) is 65.5 Å². The second kappa shape index (κ2) is 8.17. The molecule has 0 bridgehead atoms. The Labute approximate surface area is 169 Å². The normalized spacial score (nSPS) is 22.5. The number of benzene rings is 1. The highest BCUT2D eigenvalue weighted by molar-refractivity contribution is 7.18. The second-order valence-electron chi connectivity index (χ2n) is 7.64. The molecule has 0 N–H and O–H groups in total. The number of carbonyl (C=O) groups excluding carboxylic acids is 2. The lowest BCUT2D eigenvalue weighted by Gasteiger charge is -2.44. The highest BCUT2D eigenvalue weighted by Crippen LogP contribution is 2.38. The first-order chi connectivity index (χ1) is 13.6. The summed E-state index contributed by atoms with van der Waals surface area (Å²) in [6.07, 6.45) is 4.44. The van der Waals surface area contributed by atoms with E-state index >= 15 is 0 Å². The number of nitrogens with zero attached hydrogens (tertiary/aromatic N) is 3. The summed E-state index contributed by atoms with van der Waals surface area (Å²) >= 11 is 1.65. The van der Waals surface area contributed by atoms with Gasteiger partial charge >= 0.3 is 0 Å². The third-order valence-corrected chi connectivity index (χ3v) is 7.05. The van der Waals surface area contributed by atoms with Gasteiger partial charge in [-0.1, -0.05) is 12.1 Å². The van der Waals surface area contributed by atoms with Crippen LogP contribution in [0, 0.1) is 0 Å². The number of methoxy groups -OCH3 is 1. The van der Waals surface area contributed by atoms with Gasteiger partial charge in [0.2, 0.25) is 11.8 Å². The van der Waals surface area contributed by atoms with Crippen LogP contribution in [0.25, 0.3) is 10.2 Å². The van der Waals surface area contributed by atoms with Crippen LogP contribution >= 0.6 is 11.3 Å². The predicted molar refractivity (Wildman–Crippen MR) is 109 cm³/mol. The molecule has 28 heavy (non-hydrogen) atoms. The van der Waals surface area contributed by atoms with Crippen molar-refractivity contribution in [1.82, 2.24) is 14.8 Å². The van der Waals surface area contributed by atoms with Crippen LogP contribution < -0.4 is 0 Å². The maximum atomic E-state index is 13.2. The highest BCUT2D eigenvalue weighted by atomic mass is 32.1. The lowest BCUT2D eigenvalue weighted by Crippen LogP contribution is -2.61. The molecule has 1 aromatic heterocycles. The topological polar surface area (TPSA) is 62.7 Å². The molecular formula is C21H27N3O3S. The zero-order chi connectivity index (χ0) is 19.6. The average molecular weight is 402 g/mol. The fraction of sp³-hybridized carbons (Fsp3) is 0.571. The van der Waals surface area contributed by atoms with Crippen LogP contribution in [-0.2, 0) is 20.7 Å². The van der Waals surface area contributed by atoms with Crippen molar-refractivity contribution in [2.75, 3.05) is 33.4 Å². The number of carbonyl (C=O) groups is 2. The largest absolute Gasteiger partial charge is 0.383 e. The minimum Gasteiger partial charge on any atom is -0.383 e. The average Bonchev–Trinajstić information content (AvgIpc) is 3.32. The smallest absolute Gasteiger partial charge is 0.248 e. The Morgan fingerprint density at radius 3 is 2.82 bits per heavy atom. The molecule has 2 fully saturated rings. The monoisotopic (exact) mass is 401 g/mol. The lowest BCUT2D eigenvalue weighted by atomic mass is 9.85. The van der Waals surface area contributed by atoms with Gasteiger partial charge < -0.3 is 14.5 Å². The Bertz CT molecular complexity index is 834. The first-order valence-electron chi connectivity index (χ1n) is 10.1. The molecule has 1 atom stereocenters. The van der Waals surface area contributed by atoms with Crippen molar-refractivity contribution in [3.8, 4) is 0 Å². The van der Waals surface area contributed by atoms with Crippen molar-refractivity contribution in [2.24, 2.45) is 0 Å². The maximum Gasteiger partial charge on any atom is 0.248 e. The number of aryl methyl sites for hydroxylation is 1. The molecule has 1 aromatic carbocycles. The van der Waals surface area contributed by atoms with Gasteiger partial charge in [0.25, 0.3) is 0 Å². The fourth-order valence-electron chi connectivity index (χ4n) is 4.58.